The first-order chi connectivity index (χ1) is 20.8. The number of nitrogens with two attached hydrogens (primary N) is 1. The molecule has 1 aliphatic rings. The SMILES string of the molecule is C=N[C@@H](C)[C@H]1CC[C@@H](c2cc(-c3ccc(NC(=O)c4cccn(-c5ccc(F)cc5)c4=O)cc3)c3c(N)ncnn32)CC1. The van der Waals surface area contributed by atoms with Gasteiger partial charge in [0, 0.05) is 40.8 Å². The average molecular weight is 578 g/mol. The molecule has 1 aliphatic carbocycles. The van der Waals surface area contributed by atoms with Crippen molar-refractivity contribution in [2.45, 2.75) is 44.6 Å². The molecule has 10 heteroatoms. The zero-order chi connectivity index (χ0) is 30.1. The molecule has 5 aromatic rings. The van der Waals surface area contributed by atoms with Crippen LogP contribution in [0.1, 0.15) is 54.6 Å². The summed E-state index contributed by atoms with van der Waals surface area (Å²) < 4.78 is 16.6. The number of amides is 1. The van der Waals surface area contributed by atoms with E-state index in [0.29, 0.717) is 29.0 Å². The molecule has 218 valence electrons. The van der Waals surface area contributed by atoms with Gasteiger partial charge in [-0.1, -0.05) is 12.1 Å². The molecule has 1 amide bonds. The topological polar surface area (TPSA) is 120 Å². The fourth-order valence-electron chi connectivity index (χ4n) is 6.05. The Hall–Kier alpha value is -5.12. The van der Waals surface area contributed by atoms with Crippen molar-refractivity contribution in [2.24, 2.45) is 10.9 Å². The number of anilines is 2. The normalized spacial score (nSPS) is 17.4. The molecule has 0 radical (unpaired) electrons. The number of hydrogen-bond acceptors (Lipinski definition) is 6. The number of nitrogen functional groups attached to an aromatic ring is 1. The molecule has 3 heterocycles. The van der Waals surface area contributed by atoms with Gasteiger partial charge in [-0.3, -0.25) is 19.1 Å². The summed E-state index contributed by atoms with van der Waals surface area (Å²) in [6, 6.07) is 18.3. The Balaban J connectivity index is 1.24. The van der Waals surface area contributed by atoms with E-state index in [1.54, 1.807) is 18.2 Å². The highest BCUT2D eigenvalue weighted by Crippen LogP contribution is 2.41. The van der Waals surface area contributed by atoms with Gasteiger partial charge in [0.05, 0.1) is 0 Å². The van der Waals surface area contributed by atoms with E-state index in [1.807, 2.05) is 16.6 Å². The lowest BCUT2D eigenvalue weighted by Gasteiger charge is -2.30. The quantitative estimate of drug-likeness (QED) is 0.234. The minimum Gasteiger partial charge on any atom is -0.382 e. The van der Waals surface area contributed by atoms with Crippen LogP contribution in [0.15, 0.2) is 89.0 Å². The van der Waals surface area contributed by atoms with Crippen molar-refractivity contribution in [3.05, 3.63) is 107 Å². The average Bonchev–Trinajstić information content (AvgIpc) is 3.43. The van der Waals surface area contributed by atoms with E-state index in [9.17, 15) is 14.0 Å². The second-order valence-corrected chi connectivity index (χ2v) is 11.0. The van der Waals surface area contributed by atoms with Crippen LogP contribution in [0, 0.1) is 11.7 Å². The van der Waals surface area contributed by atoms with E-state index < -0.39 is 17.3 Å². The van der Waals surface area contributed by atoms with Crippen LogP contribution < -0.4 is 16.6 Å². The van der Waals surface area contributed by atoms with Crippen LogP contribution in [0.2, 0.25) is 0 Å². The predicted molar refractivity (Wildman–Crippen MR) is 166 cm³/mol. The summed E-state index contributed by atoms with van der Waals surface area (Å²) in [6.07, 6.45) is 7.26. The predicted octanol–water partition coefficient (Wildman–Crippen LogP) is 5.88. The number of hydrogen-bond donors (Lipinski definition) is 2. The van der Waals surface area contributed by atoms with Crippen LogP contribution in [0.25, 0.3) is 22.3 Å². The van der Waals surface area contributed by atoms with Gasteiger partial charge < -0.3 is 11.1 Å². The van der Waals surface area contributed by atoms with Crippen LogP contribution >= 0.6 is 0 Å². The van der Waals surface area contributed by atoms with Gasteiger partial charge in [0.15, 0.2) is 5.82 Å². The molecule has 1 fully saturated rings. The van der Waals surface area contributed by atoms with Gasteiger partial charge in [0.25, 0.3) is 11.5 Å². The molecule has 0 spiro atoms. The van der Waals surface area contributed by atoms with Gasteiger partial charge in [-0.15, -0.1) is 0 Å². The van der Waals surface area contributed by atoms with Crippen LogP contribution in [-0.2, 0) is 0 Å². The Labute approximate surface area is 247 Å². The standard InChI is InChI=1S/C33H32FN7O2/c1-20(36-2)21-5-7-23(8-6-21)29-18-28(30-31(35)37-19-38-41(29)30)22-9-13-25(14-10-22)39-32(42)27-4-3-17-40(33(27)43)26-15-11-24(34)12-16-26/h3-4,9-21,23H,2,5-8H2,1H3,(H,39,42)(H2,35,37,38)/t20-,21-,23+/m0/s1. The third kappa shape index (κ3) is 5.43. The molecule has 0 aliphatic heterocycles. The first kappa shape index (κ1) is 28.0. The van der Waals surface area contributed by atoms with Gasteiger partial charge in [-0.2, -0.15) is 5.10 Å². The lowest BCUT2D eigenvalue weighted by molar-refractivity contribution is 0.102. The molecular formula is C33H32FN7O2. The molecule has 9 nitrogen and oxygen atoms in total. The highest BCUT2D eigenvalue weighted by molar-refractivity contribution is 6.04. The lowest BCUT2D eigenvalue weighted by atomic mass is 9.78. The zero-order valence-corrected chi connectivity index (χ0v) is 23.8. The van der Waals surface area contributed by atoms with Gasteiger partial charge in [0.1, 0.15) is 23.2 Å². The number of nitrogens with one attached hydrogen (secondary N) is 1. The van der Waals surface area contributed by atoms with Gasteiger partial charge >= 0.3 is 0 Å². The van der Waals surface area contributed by atoms with Crippen molar-refractivity contribution in [3.63, 3.8) is 0 Å². The Morgan fingerprint density at radius 1 is 1.09 bits per heavy atom. The molecular weight excluding hydrogens is 545 g/mol. The summed E-state index contributed by atoms with van der Waals surface area (Å²) in [4.78, 5) is 34.6. The first-order valence-corrected chi connectivity index (χ1v) is 14.3. The van der Waals surface area contributed by atoms with Crippen LogP contribution in [0.3, 0.4) is 0 Å². The number of nitrogens with zero attached hydrogens (tertiary/aromatic N) is 5. The van der Waals surface area contributed by atoms with Crippen LogP contribution in [0.5, 0.6) is 0 Å². The summed E-state index contributed by atoms with van der Waals surface area (Å²) in [5.41, 5.74) is 10.5. The third-order valence-electron chi connectivity index (χ3n) is 8.52. The highest BCUT2D eigenvalue weighted by atomic mass is 19.1. The molecule has 6 rings (SSSR count). The zero-order valence-electron chi connectivity index (χ0n) is 23.8. The van der Waals surface area contributed by atoms with Crippen molar-refractivity contribution in [1.29, 1.82) is 0 Å². The van der Waals surface area contributed by atoms with Gasteiger partial charge in [-0.05, 0) is 105 Å². The maximum absolute atomic E-state index is 13.4. The second kappa shape index (κ2) is 11.6. The third-order valence-corrected chi connectivity index (χ3v) is 8.52. The van der Waals surface area contributed by atoms with E-state index in [0.717, 1.165) is 48.0 Å². The largest absolute Gasteiger partial charge is 0.382 e. The number of pyridine rings is 1. The number of carbonyl (C=O) groups is 1. The van der Waals surface area contributed by atoms with Gasteiger partial charge in [0.2, 0.25) is 0 Å². The number of carbonyl (C=O) groups excluding carboxylic acids is 1. The highest BCUT2D eigenvalue weighted by Gasteiger charge is 2.29. The summed E-state index contributed by atoms with van der Waals surface area (Å²) in [5.74, 6) is 0.330. The summed E-state index contributed by atoms with van der Waals surface area (Å²) in [5, 5.41) is 7.37. The smallest absolute Gasteiger partial charge is 0.267 e. The monoisotopic (exact) mass is 577 g/mol. The Bertz CT molecular complexity index is 1850. The van der Waals surface area contributed by atoms with Crippen molar-refractivity contribution < 1.29 is 9.18 Å². The fraction of sp³-hybridized carbons (Fsp3) is 0.242. The van der Waals surface area contributed by atoms with Crippen molar-refractivity contribution in [3.8, 4) is 16.8 Å². The maximum Gasteiger partial charge on any atom is 0.267 e. The minimum absolute atomic E-state index is 0.0307. The van der Waals surface area contributed by atoms with Crippen molar-refractivity contribution in [1.82, 2.24) is 19.2 Å². The molecule has 3 aromatic heterocycles. The molecule has 1 saturated carbocycles. The fourth-order valence-corrected chi connectivity index (χ4v) is 6.05. The Kier molecular flexibility index (Phi) is 7.58. The first-order valence-electron chi connectivity index (χ1n) is 14.3. The maximum atomic E-state index is 13.4. The summed E-state index contributed by atoms with van der Waals surface area (Å²) >= 11 is 0. The Morgan fingerprint density at radius 2 is 1.81 bits per heavy atom. The van der Waals surface area contributed by atoms with E-state index in [4.69, 9.17) is 5.73 Å². The second-order valence-electron chi connectivity index (χ2n) is 11.0. The Morgan fingerprint density at radius 3 is 2.51 bits per heavy atom. The molecule has 0 unspecified atom stereocenters. The molecule has 3 N–H and O–H groups in total. The molecule has 0 saturated heterocycles. The van der Waals surface area contributed by atoms with E-state index in [1.165, 1.54) is 47.4 Å². The number of halogens is 1. The number of aliphatic imine (C=N–C) groups is 1. The van der Waals surface area contributed by atoms with Crippen molar-refractivity contribution >= 4 is 29.6 Å². The summed E-state index contributed by atoms with van der Waals surface area (Å²) in [7, 11) is 0. The number of benzene rings is 2. The molecule has 43 heavy (non-hydrogen) atoms. The lowest BCUT2D eigenvalue weighted by Crippen LogP contribution is -2.27. The minimum atomic E-state index is -0.542. The number of fused-ring (bicyclic) bond motifs is 1. The molecule has 1 atom stereocenters. The van der Waals surface area contributed by atoms with Gasteiger partial charge in [-0.25, -0.2) is 13.9 Å². The number of rotatable bonds is 7. The van der Waals surface area contributed by atoms with E-state index in [2.05, 4.69) is 40.1 Å². The molecule has 2 aromatic carbocycles. The number of aromatic nitrogens is 4. The van der Waals surface area contributed by atoms with Crippen LogP contribution in [0.4, 0.5) is 15.9 Å². The van der Waals surface area contributed by atoms with E-state index in [-0.39, 0.29) is 11.6 Å². The summed E-state index contributed by atoms with van der Waals surface area (Å²) in [6.45, 7) is 5.86. The van der Waals surface area contributed by atoms with Crippen LogP contribution in [-0.4, -0.2) is 37.8 Å². The molecule has 0 bridgehead atoms. The van der Waals surface area contributed by atoms with E-state index >= 15 is 0 Å². The van der Waals surface area contributed by atoms with Crippen molar-refractivity contribution in [2.75, 3.05) is 11.1 Å².